The second-order valence-corrected chi connectivity index (χ2v) is 3.22. The molecule has 1 aromatic carbocycles. The van der Waals surface area contributed by atoms with Crippen molar-refractivity contribution < 1.29 is 4.21 Å². The summed E-state index contributed by atoms with van der Waals surface area (Å²) in [6.07, 6.45) is 0. The molecule has 0 saturated heterocycles. The molecule has 0 spiro atoms. The molecule has 0 N–H and O–H groups in total. The molecule has 11 heavy (non-hydrogen) atoms. The minimum Gasteiger partial charge on any atom is -0.120 e. The van der Waals surface area contributed by atoms with E-state index in [9.17, 15) is 4.21 Å². The summed E-state index contributed by atoms with van der Waals surface area (Å²) in [6.45, 7) is 0. The van der Waals surface area contributed by atoms with Gasteiger partial charge in [0.25, 0.3) is 5.25 Å². The van der Waals surface area contributed by atoms with Gasteiger partial charge in [0.2, 0.25) is 0 Å². The lowest BCUT2D eigenvalue weighted by molar-refractivity contribution is 0.601. The fourth-order valence-corrected chi connectivity index (χ4v) is 1.49. The van der Waals surface area contributed by atoms with Gasteiger partial charge in [0.15, 0.2) is 0 Å². The van der Waals surface area contributed by atoms with Crippen LogP contribution < -0.4 is 0 Å². The van der Waals surface area contributed by atoms with Crippen molar-refractivity contribution in [3.63, 3.8) is 0 Å². The normalized spacial score (nSPS) is 12.5. The Bertz CT molecular complexity index is 225. The van der Waals surface area contributed by atoms with E-state index in [2.05, 4.69) is 0 Å². The van der Waals surface area contributed by atoms with E-state index in [1.165, 1.54) is 0 Å². The van der Waals surface area contributed by atoms with E-state index in [-0.39, 0.29) is 5.25 Å². The Balaban J connectivity index is 2.82. The lowest BCUT2D eigenvalue weighted by Crippen LogP contribution is -1.96. The number of hydrogen-bond acceptors (Lipinski definition) is 1. The molecule has 0 amide bonds. The van der Waals surface area contributed by atoms with Gasteiger partial charge >= 0.3 is 11.7 Å². The molecule has 1 atom stereocenters. The third-order valence-electron chi connectivity index (χ3n) is 1.43. The zero-order valence-electron chi connectivity index (χ0n) is 5.87. The lowest BCUT2D eigenvalue weighted by Gasteiger charge is -1.93. The first-order valence-electron chi connectivity index (χ1n) is 3.28. The molecule has 58 valence electrons. The van der Waals surface area contributed by atoms with Crippen LogP contribution in [0.5, 0.6) is 0 Å². The van der Waals surface area contributed by atoms with Crippen molar-refractivity contribution in [2.75, 3.05) is 5.88 Å². The number of benzene rings is 1. The predicted octanol–water partition coefficient (Wildman–Crippen LogP) is 2.39. The first kappa shape index (κ1) is 8.62. The monoisotopic (exact) mass is 187 g/mol. The quantitative estimate of drug-likeness (QED) is 0.525. The van der Waals surface area contributed by atoms with Crippen LogP contribution in [0.1, 0.15) is 10.8 Å². The van der Waals surface area contributed by atoms with E-state index in [1.807, 2.05) is 30.3 Å². The first-order valence-corrected chi connectivity index (χ1v) is 4.62. The maximum Gasteiger partial charge on any atom is 0.468 e. The van der Waals surface area contributed by atoms with E-state index in [1.54, 1.807) is 0 Å². The maximum atomic E-state index is 10.5. The third-order valence-corrected chi connectivity index (χ3v) is 2.59. The summed E-state index contributed by atoms with van der Waals surface area (Å²) in [7, 11) is 0. The summed E-state index contributed by atoms with van der Waals surface area (Å²) in [5.41, 5.74) is 1.00. The zero-order chi connectivity index (χ0) is 8.10. The topological polar surface area (TPSA) is 17.1 Å². The molecule has 0 heterocycles. The highest BCUT2D eigenvalue weighted by Gasteiger charge is 2.21. The summed E-state index contributed by atoms with van der Waals surface area (Å²) in [4.78, 5) is 0. The number of hydrogen-bond donors (Lipinski definition) is 0. The van der Waals surface area contributed by atoms with Gasteiger partial charge in [-0.05, 0) is 0 Å². The highest BCUT2D eigenvalue weighted by Crippen LogP contribution is 2.15. The van der Waals surface area contributed by atoms with Crippen molar-refractivity contribution >= 4 is 23.3 Å². The van der Waals surface area contributed by atoms with Gasteiger partial charge in [-0.2, -0.15) is 0 Å². The van der Waals surface area contributed by atoms with Gasteiger partial charge in [0.05, 0.1) is 5.88 Å². The van der Waals surface area contributed by atoms with Gasteiger partial charge in [-0.15, -0.1) is 11.6 Å². The standard InChI is InChI=1S/C8H8ClOS/c9-6-8(11-10)7-4-2-1-3-5-7/h1-5,8H,6H2/q+1. The van der Waals surface area contributed by atoms with Crippen LogP contribution >= 0.6 is 11.6 Å². The molecular formula is C8H8ClOS+. The first-order chi connectivity index (χ1) is 5.38. The Labute approximate surface area is 74.9 Å². The van der Waals surface area contributed by atoms with Crippen LogP contribution in [0.4, 0.5) is 0 Å². The van der Waals surface area contributed by atoms with Crippen LogP contribution in [-0.4, -0.2) is 5.88 Å². The van der Waals surface area contributed by atoms with Gasteiger partial charge in [-0.3, -0.25) is 0 Å². The molecule has 0 fully saturated rings. The van der Waals surface area contributed by atoms with Crippen molar-refractivity contribution in [3.8, 4) is 0 Å². The van der Waals surface area contributed by atoms with Crippen LogP contribution in [0.25, 0.3) is 0 Å². The fraction of sp³-hybridized carbons (Fsp3) is 0.250. The Morgan fingerprint density at radius 1 is 1.36 bits per heavy atom. The van der Waals surface area contributed by atoms with E-state index < -0.39 is 0 Å². The Kier molecular flexibility index (Phi) is 3.46. The molecular weight excluding hydrogens is 180 g/mol. The summed E-state index contributed by atoms with van der Waals surface area (Å²) in [5, 5.41) is -0.113. The van der Waals surface area contributed by atoms with Crippen molar-refractivity contribution in [1.29, 1.82) is 0 Å². The van der Waals surface area contributed by atoms with Gasteiger partial charge < -0.3 is 0 Å². The van der Waals surface area contributed by atoms with E-state index in [0.29, 0.717) is 17.5 Å². The van der Waals surface area contributed by atoms with Crippen LogP contribution in [-0.2, 0) is 15.9 Å². The molecule has 0 aliphatic carbocycles. The lowest BCUT2D eigenvalue weighted by atomic mass is 10.2. The summed E-state index contributed by atoms with van der Waals surface area (Å²) >= 11 is 6.12. The summed E-state index contributed by atoms with van der Waals surface area (Å²) < 4.78 is 10.5. The molecule has 0 saturated carbocycles. The Hall–Kier alpha value is -0.470. The van der Waals surface area contributed by atoms with Crippen molar-refractivity contribution in [2.45, 2.75) is 5.25 Å². The Morgan fingerprint density at radius 3 is 2.45 bits per heavy atom. The summed E-state index contributed by atoms with van der Waals surface area (Å²) in [5.74, 6) is 0.373. The number of alkyl halides is 1. The number of rotatable bonds is 3. The van der Waals surface area contributed by atoms with Crippen molar-refractivity contribution in [3.05, 3.63) is 35.9 Å². The molecule has 1 rings (SSSR count). The minimum atomic E-state index is -0.113. The second-order valence-electron chi connectivity index (χ2n) is 2.15. The number of halogens is 1. The van der Waals surface area contributed by atoms with Gasteiger partial charge in [-0.25, -0.2) is 0 Å². The van der Waals surface area contributed by atoms with Gasteiger partial charge in [-0.1, -0.05) is 30.3 Å². The summed E-state index contributed by atoms with van der Waals surface area (Å²) in [6, 6.07) is 9.57. The van der Waals surface area contributed by atoms with Crippen LogP contribution in [0.3, 0.4) is 0 Å². The molecule has 0 aromatic heterocycles. The zero-order valence-corrected chi connectivity index (χ0v) is 7.44. The fourth-order valence-electron chi connectivity index (χ4n) is 0.838. The van der Waals surface area contributed by atoms with Crippen molar-refractivity contribution in [1.82, 2.24) is 0 Å². The average molecular weight is 188 g/mol. The minimum absolute atomic E-state index is 0.113. The largest absolute Gasteiger partial charge is 0.468 e. The molecule has 3 heteroatoms. The van der Waals surface area contributed by atoms with Crippen LogP contribution in [0, 0.1) is 0 Å². The highest BCUT2D eigenvalue weighted by atomic mass is 35.5. The second kappa shape index (κ2) is 4.42. The van der Waals surface area contributed by atoms with Gasteiger partial charge in [0, 0.05) is 9.77 Å². The average Bonchev–Trinajstić information content (AvgIpc) is 2.09. The SMILES string of the molecule is O=[S+]C(CCl)c1ccccc1. The molecule has 0 aliphatic rings. The molecule has 0 bridgehead atoms. The molecule has 1 nitrogen and oxygen atoms in total. The highest BCUT2D eigenvalue weighted by molar-refractivity contribution is 7.66. The van der Waals surface area contributed by atoms with Crippen molar-refractivity contribution in [2.24, 2.45) is 0 Å². The third kappa shape index (κ3) is 2.24. The smallest absolute Gasteiger partial charge is 0.120 e. The molecule has 0 radical (unpaired) electrons. The predicted molar refractivity (Wildman–Crippen MR) is 48.0 cm³/mol. The maximum absolute atomic E-state index is 10.5. The van der Waals surface area contributed by atoms with E-state index >= 15 is 0 Å². The van der Waals surface area contributed by atoms with Crippen LogP contribution in [0.2, 0.25) is 0 Å². The van der Waals surface area contributed by atoms with E-state index in [4.69, 9.17) is 11.6 Å². The van der Waals surface area contributed by atoms with Crippen LogP contribution in [0.15, 0.2) is 30.3 Å². The molecule has 1 aromatic rings. The Morgan fingerprint density at radius 2 is 2.00 bits per heavy atom. The molecule has 1 unspecified atom stereocenters. The van der Waals surface area contributed by atoms with E-state index in [0.717, 1.165) is 5.56 Å². The van der Waals surface area contributed by atoms with Gasteiger partial charge in [0.1, 0.15) is 0 Å². The molecule has 0 aliphatic heterocycles.